The zero-order chi connectivity index (χ0) is 98.1. The molecule has 0 fully saturated rings. The standard InChI is InChI=1S/C46H96N6O18.C37H78N6O19P2.Y/c1-47-5-13-55-21-29-63-33-25-59-17-9-51(10-18-60-26-34-64-30-22-56-14-6-48-2)45(53)43-69-41-39-67-37-38-68-40-42-70-44-46(54)52(11-19-61-27-35-65-31-23-57-15-7-49-3)12-20-62-28-36-66-32-24-58-16-8-50-4;1-38-5-12-52-14-7-41-35(44)29-57-23-26-61-33-63(47,48)34-62-27-24-59-31-37(46)43(10-16-54-19-18-53-13-6-39-2)11-17-55-20-22-58-30-36(45)42(8-4-28-64(49,50)51)9-15-56-21-25-60-32-40-3;/h47-50H,5-44H2,1-4H3;38-40H,4-34H2,1-3H3,(H,41,44)(H,47,48)(H2,49,50,51);. The summed E-state index contributed by atoms with van der Waals surface area (Å²) in [6.07, 6.45) is -1.20. The normalized spacial score (nSPS) is 12.0. The Morgan fingerprint density at radius 3 is 0.637 bits per heavy atom. The molecule has 0 heterocycles. The predicted octanol–water partition coefficient (Wildman–Crippen LogP) is -4.90. The largest absolute Gasteiger partial charge is 0.378 e. The Bertz CT molecular complexity index is 2500. The monoisotopic (exact) mass is 2080 g/mol. The molecule has 0 spiro atoms. The van der Waals surface area contributed by atoms with Crippen LogP contribution in [0.4, 0.5) is 0 Å². The molecule has 1 unspecified atom stereocenters. The molecule has 52 heteroatoms. The van der Waals surface area contributed by atoms with Crippen molar-refractivity contribution in [2.75, 3.05) is 510 Å². The number of carbonyl (C=O) groups excluding carboxylic acids is 5. The van der Waals surface area contributed by atoms with Crippen LogP contribution in [-0.4, -0.2) is 574 Å². The summed E-state index contributed by atoms with van der Waals surface area (Å²) in [5.41, 5.74) is 0. The molecule has 49 nitrogen and oxygen atoms in total. The quantitative estimate of drug-likeness (QED) is 0.0154. The number of nitrogens with one attached hydrogen (secondary N) is 8. The van der Waals surface area contributed by atoms with Gasteiger partial charge in [-0.15, -0.1) is 0 Å². The summed E-state index contributed by atoms with van der Waals surface area (Å²) in [6.45, 7) is 23.3. The SMILES string of the molecule is CNCCOCCNC(=O)COCCOCP(=O)(O)COCCOCC(=O)N(CCOCCOCCNC)CCOCCOCC(=O)N(CCCP(=O)(O)O)CCOCCOCNC.CNCCOCCOCCOCCN(CCOCCOCCOCCNC)C(=O)COCCOCCOCCOCC(=O)N(CCOCCOCCOCCNC)CCOCCOCCOCCNC.[Y]. The van der Waals surface area contributed by atoms with Crippen molar-refractivity contribution in [2.45, 2.75) is 6.42 Å². The Hall–Kier alpha value is -2.57. The van der Waals surface area contributed by atoms with Crippen LogP contribution in [0.15, 0.2) is 0 Å². The van der Waals surface area contributed by atoms with Gasteiger partial charge in [0.15, 0.2) is 0 Å². The Morgan fingerprint density at radius 1 is 0.222 bits per heavy atom. The molecule has 0 saturated carbocycles. The van der Waals surface area contributed by atoms with Gasteiger partial charge in [0.05, 0.1) is 317 Å². The molecule has 0 aliphatic heterocycles. The van der Waals surface area contributed by atoms with E-state index in [2.05, 4.69) is 42.5 Å². The van der Waals surface area contributed by atoms with E-state index in [1.165, 1.54) is 9.80 Å². The van der Waals surface area contributed by atoms with Gasteiger partial charge in [-0.05, 0) is 55.8 Å². The van der Waals surface area contributed by atoms with E-state index >= 15 is 0 Å². The van der Waals surface area contributed by atoms with Gasteiger partial charge in [-0.3, -0.25) is 38.4 Å². The van der Waals surface area contributed by atoms with E-state index in [0.717, 1.165) is 26.2 Å². The van der Waals surface area contributed by atoms with Crippen molar-refractivity contribution in [3.8, 4) is 0 Å². The smallest absolute Gasteiger partial charge is 0.325 e. The van der Waals surface area contributed by atoms with Crippen LogP contribution in [0.5, 0.6) is 0 Å². The minimum Gasteiger partial charge on any atom is -0.378 e. The van der Waals surface area contributed by atoms with Gasteiger partial charge in [-0.25, -0.2) is 0 Å². The van der Waals surface area contributed by atoms with Crippen LogP contribution < -0.4 is 42.5 Å². The fourth-order valence-electron chi connectivity index (χ4n) is 10.1. The second kappa shape index (κ2) is 110. The third kappa shape index (κ3) is 106. The van der Waals surface area contributed by atoms with E-state index in [-0.39, 0.29) is 220 Å². The van der Waals surface area contributed by atoms with Crippen molar-refractivity contribution in [3.63, 3.8) is 0 Å². The van der Waals surface area contributed by atoms with Crippen LogP contribution in [0.2, 0.25) is 0 Å². The molecule has 0 bridgehead atoms. The fraction of sp³-hybridized carbons (Fsp3) is 0.940. The molecule has 1 atom stereocenters. The van der Waals surface area contributed by atoms with Crippen molar-refractivity contribution in [1.82, 2.24) is 62.1 Å². The summed E-state index contributed by atoms with van der Waals surface area (Å²) in [7, 11) is 4.91. The first-order valence-corrected chi connectivity index (χ1v) is 50.1. The van der Waals surface area contributed by atoms with Crippen LogP contribution in [0.25, 0.3) is 0 Å². The second-order valence-electron chi connectivity index (χ2n) is 28.5. The summed E-state index contributed by atoms with van der Waals surface area (Å²) in [5, 5.41) is 23.5. The first-order chi connectivity index (χ1) is 65.4. The van der Waals surface area contributed by atoms with Gasteiger partial charge >= 0.3 is 7.60 Å². The molecule has 0 rings (SSSR count). The van der Waals surface area contributed by atoms with Crippen molar-refractivity contribution in [1.29, 1.82) is 0 Å². The molecule has 0 saturated heterocycles. The van der Waals surface area contributed by atoms with Crippen molar-refractivity contribution < 1.29 is 208 Å². The molecule has 801 valence electrons. The Kier molecular flexibility index (Phi) is 111. The summed E-state index contributed by atoms with van der Waals surface area (Å²) in [6, 6.07) is 0. The van der Waals surface area contributed by atoms with Crippen LogP contribution >= 0.6 is 15.0 Å². The molecule has 135 heavy (non-hydrogen) atoms. The molecule has 0 aromatic heterocycles. The van der Waals surface area contributed by atoms with Crippen LogP contribution in [0, 0.1) is 0 Å². The number of amides is 5. The van der Waals surface area contributed by atoms with Crippen molar-refractivity contribution in [3.05, 3.63) is 0 Å². The van der Waals surface area contributed by atoms with Gasteiger partial charge in [0.1, 0.15) is 45.7 Å². The van der Waals surface area contributed by atoms with E-state index in [1.807, 2.05) is 42.3 Å². The maximum atomic E-state index is 13.0. The molecular weight excluding hydrogens is 1910 g/mol. The van der Waals surface area contributed by atoms with Crippen LogP contribution in [0.1, 0.15) is 6.42 Å². The number of carbonyl (C=O) groups is 5. The molecule has 0 aliphatic rings. The minimum atomic E-state index is -4.21. The molecular formula is C83H174N12O37P2Y. The summed E-state index contributed by atoms with van der Waals surface area (Å²) < 4.78 is 172. The van der Waals surface area contributed by atoms with Crippen LogP contribution in [0.3, 0.4) is 0 Å². The Balaban J connectivity index is -0.00000257. The first kappa shape index (κ1) is 137. The van der Waals surface area contributed by atoms with Gasteiger partial charge in [-0.2, -0.15) is 0 Å². The summed E-state index contributed by atoms with van der Waals surface area (Å²) in [4.78, 5) is 98.5. The number of ether oxygens (including phenoxy) is 27. The average Bonchev–Trinajstić information content (AvgIpc) is 0.939. The minimum absolute atomic E-state index is 0. The number of likely N-dealkylation sites (N-methyl/N-ethyl adjacent to an activating group) is 6. The first-order valence-electron chi connectivity index (χ1n) is 46.3. The maximum absolute atomic E-state index is 13.0. The van der Waals surface area contributed by atoms with Gasteiger partial charge in [0, 0.05) is 131 Å². The van der Waals surface area contributed by atoms with E-state index < -0.39 is 27.7 Å². The number of nitrogens with zero attached hydrogens (tertiary/aromatic N) is 4. The third-order valence-corrected chi connectivity index (χ3v) is 19.4. The predicted molar refractivity (Wildman–Crippen MR) is 495 cm³/mol. The molecule has 0 aromatic carbocycles. The average molecular weight is 2080 g/mol. The number of hydrogen-bond acceptors (Lipinski definition) is 41. The van der Waals surface area contributed by atoms with Gasteiger partial charge < -0.3 is 199 Å². The number of rotatable bonds is 110. The summed E-state index contributed by atoms with van der Waals surface area (Å²) >= 11 is 0. The van der Waals surface area contributed by atoms with E-state index in [1.54, 1.807) is 16.8 Å². The second-order valence-corrected chi connectivity index (χ2v) is 32.4. The summed E-state index contributed by atoms with van der Waals surface area (Å²) in [5.74, 6) is -1.39. The van der Waals surface area contributed by atoms with E-state index in [9.17, 15) is 47.8 Å². The van der Waals surface area contributed by atoms with Gasteiger partial charge in [0.2, 0.25) is 36.9 Å². The van der Waals surface area contributed by atoms with Gasteiger partial charge in [-0.1, -0.05) is 0 Å². The zero-order valence-corrected chi connectivity index (χ0v) is 86.8. The Labute approximate surface area is 827 Å². The topological polar surface area (TPSA) is 539 Å². The fourth-order valence-corrected chi connectivity index (χ4v) is 11.6. The number of hydrogen-bond donors (Lipinski definition) is 11. The van der Waals surface area contributed by atoms with E-state index in [0.29, 0.717) is 271 Å². The van der Waals surface area contributed by atoms with Gasteiger partial charge in [0.25, 0.3) is 0 Å². The molecule has 1 radical (unpaired) electrons. The van der Waals surface area contributed by atoms with Crippen molar-refractivity contribution in [2.24, 2.45) is 0 Å². The zero-order valence-electron chi connectivity index (χ0n) is 82.2. The molecule has 11 N–H and O–H groups in total. The third-order valence-electron chi connectivity index (χ3n) is 17.3. The van der Waals surface area contributed by atoms with E-state index in [4.69, 9.17) is 128 Å². The molecule has 0 aromatic rings. The Morgan fingerprint density at radius 2 is 0.407 bits per heavy atom. The van der Waals surface area contributed by atoms with Crippen molar-refractivity contribution >= 4 is 44.5 Å². The molecule has 5 amide bonds. The maximum Gasteiger partial charge on any atom is 0.325 e. The van der Waals surface area contributed by atoms with Crippen LogP contribution in [-0.2, 0) is 194 Å². The molecule has 0 aliphatic carbocycles.